The topological polar surface area (TPSA) is 46.5 Å². The van der Waals surface area contributed by atoms with E-state index in [1.54, 1.807) is 0 Å². The van der Waals surface area contributed by atoms with Gasteiger partial charge in [0.2, 0.25) is 6.29 Å². The third-order valence-corrected chi connectivity index (χ3v) is 1.58. The smallest absolute Gasteiger partial charge is 0.389 e. The number of ether oxygens (including phenoxy) is 1. The number of rotatable bonds is 6. The third kappa shape index (κ3) is 9.27. The summed E-state index contributed by atoms with van der Waals surface area (Å²) in [5.41, 5.74) is 0. The zero-order valence-corrected chi connectivity index (χ0v) is 8.09. The highest BCUT2D eigenvalue weighted by molar-refractivity contribution is 5.81. The minimum atomic E-state index is -4.18. The molecule has 1 N–H and O–H groups in total. The first-order valence-electron chi connectivity index (χ1n) is 4.43. The summed E-state index contributed by atoms with van der Waals surface area (Å²) in [6.45, 7) is 3.11. The summed E-state index contributed by atoms with van der Waals surface area (Å²) < 4.78 is 39.4. The van der Waals surface area contributed by atoms with Crippen LogP contribution in [0.4, 0.5) is 13.2 Å². The summed E-state index contributed by atoms with van der Waals surface area (Å²) in [4.78, 5) is 10.5. The van der Waals surface area contributed by atoms with E-state index in [1.807, 2.05) is 0 Å². The van der Waals surface area contributed by atoms with Crippen LogP contribution in [0.2, 0.25) is 0 Å². The molecule has 0 aromatic heterocycles. The van der Waals surface area contributed by atoms with Gasteiger partial charge in [0.25, 0.3) is 0 Å². The lowest BCUT2D eigenvalue weighted by molar-refractivity contribution is -0.163. The van der Waals surface area contributed by atoms with E-state index >= 15 is 0 Å². The van der Waals surface area contributed by atoms with Crippen molar-refractivity contribution in [3.63, 3.8) is 0 Å². The van der Waals surface area contributed by atoms with Crippen molar-refractivity contribution in [2.75, 3.05) is 0 Å². The number of aliphatic hydroxyl groups excluding tert-OH is 1. The van der Waals surface area contributed by atoms with Crippen molar-refractivity contribution in [1.29, 1.82) is 0 Å². The Morgan fingerprint density at radius 1 is 1.47 bits per heavy atom. The summed E-state index contributed by atoms with van der Waals surface area (Å²) in [5, 5.41) is 9.01. The number of carbonyl (C=O) groups is 1. The van der Waals surface area contributed by atoms with Gasteiger partial charge in [-0.15, -0.1) is 0 Å². The largest absolute Gasteiger partial charge is 0.433 e. The molecule has 15 heavy (non-hydrogen) atoms. The lowest BCUT2D eigenvalue weighted by Crippen LogP contribution is -2.16. The maximum absolute atomic E-state index is 11.7. The van der Waals surface area contributed by atoms with Crippen molar-refractivity contribution < 1.29 is 27.8 Å². The van der Waals surface area contributed by atoms with Gasteiger partial charge in [0.1, 0.15) is 0 Å². The molecule has 1 atom stereocenters. The van der Waals surface area contributed by atoms with Crippen LogP contribution in [0.1, 0.15) is 25.7 Å². The molecule has 0 amide bonds. The van der Waals surface area contributed by atoms with Crippen molar-refractivity contribution in [2.45, 2.75) is 38.1 Å². The van der Waals surface area contributed by atoms with Crippen LogP contribution in [0.5, 0.6) is 0 Å². The zero-order chi connectivity index (χ0) is 11.9. The third-order valence-electron chi connectivity index (χ3n) is 1.58. The Kier molecular flexibility index (Phi) is 6.00. The van der Waals surface area contributed by atoms with Crippen LogP contribution < -0.4 is 0 Å². The molecule has 0 bridgehead atoms. The second kappa shape index (κ2) is 6.44. The van der Waals surface area contributed by atoms with Gasteiger partial charge in [-0.1, -0.05) is 6.58 Å². The second-order valence-electron chi connectivity index (χ2n) is 2.96. The van der Waals surface area contributed by atoms with E-state index in [0.717, 1.165) is 6.08 Å². The van der Waals surface area contributed by atoms with Gasteiger partial charge in [-0.2, -0.15) is 13.2 Å². The summed E-state index contributed by atoms with van der Waals surface area (Å²) in [6.07, 6.45) is -5.51. The van der Waals surface area contributed by atoms with Crippen LogP contribution in [0, 0.1) is 0 Å². The molecule has 0 rings (SSSR count). The second-order valence-corrected chi connectivity index (χ2v) is 2.96. The van der Waals surface area contributed by atoms with Crippen molar-refractivity contribution in [3.8, 4) is 0 Å². The first kappa shape index (κ1) is 14.0. The van der Waals surface area contributed by atoms with Gasteiger partial charge in [-0.05, 0) is 12.8 Å². The Morgan fingerprint density at radius 3 is 2.53 bits per heavy atom. The van der Waals surface area contributed by atoms with E-state index in [2.05, 4.69) is 11.3 Å². The highest BCUT2D eigenvalue weighted by atomic mass is 19.4. The Balaban J connectivity index is 3.51. The van der Waals surface area contributed by atoms with Gasteiger partial charge in [-0.3, -0.25) is 0 Å². The van der Waals surface area contributed by atoms with Crippen LogP contribution in [0.15, 0.2) is 12.7 Å². The molecule has 1 unspecified atom stereocenters. The SMILES string of the molecule is C=CC(=O)OC(O)CCCCC(F)(F)F. The minimum absolute atomic E-state index is 0.00431. The van der Waals surface area contributed by atoms with E-state index in [4.69, 9.17) is 5.11 Å². The summed E-state index contributed by atoms with van der Waals surface area (Å²) >= 11 is 0. The monoisotopic (exact) mass is 226 g/mol. The summed E-state index contributed by atoms with van der Waals surface area (Å²) in [5.74, 6) is -0.793. The van der Waals surface area contributed by atoms with Crippen molar-refractivity contribution >= 4 is 5.97 Å². The lowest BCUT2D eigenvalue weighted by atomic mass is 10.2. The molecule has 0 aromatic carbocycles. The first-order chi connectivity index (χ1) is 6.85. The molecule has 0 saturated heterocycles. The number of hydrogen-bond acceptors (Lipinski definition) is 3. The fraction of sp³-hybridized carbons (Fsp3) is 0.667. The average molecular weight is 226 g/mol. The Labute approximate surface area is 85.5 Å². The summed E-state index contributed by atoms with van der Waals surface area (Å²) in [7, 11) is 0. The molecule has 0 spiro atoms. The Morgan fingerprint density at radius 2 is 2.07 bits per heavy atom. The quantitative estimate of drug-likeness (QED) is 0.327. The molecular weight excluding hydrogens is 213 g/mol. The Hall–Kier alpha value is -1.04. The predicted octanol–water partition coefficient (Wildman–Crippen LogP) is 2.16. The van der Waals surface area contributed by atoms with Crippen molar-refractivity contribution in [3.05, 3.63) is 12.7 Å². The molecular formula is C9H13F3O3. The van der Waals surface area contributed by atoms with Crippen LogP contribution in [-0.2, 0) is 9.53 Å². The molecule has 0 radical (unpaired) electrons. The van der Waals surface area contributed by atoms with Crippen molar-refractivity contribution in [1.82, 2.24) is 0 Å². The van der Waals surface area contributed by atoms with Crippen molar-refractivity contribution in [2.24, 2.45) is 0 Å². The number of halogens is 3. The fourth-order valence-electron chi connectivity index (χ4n) is 0.886. The van der Waals surface area contributed by atoms with E-state index in [0.29, 0.717) is 0 Å². The number of hydrogen-bond donors (Lipinski definition) is 1. The summed E-state index contributed by atoms with van der Waals surface area (Å²) in [6, 6.07) is 0. The van der Waals surface area contributed by atoms with E-state index < -0.39 is 24.9 Å². The molecule has 88 valence electrons. The number of esters is 1. The van der Waals surface area contributed by atoms with Crippen LogP contribution >= 0.6 is 0 Å². The van der Waals surface area contributed by atoms with E-state index in [1.165, 1.54) is 0 Å². The molecule has 0 aliphatic rings. The van der Waals surface area contributed by atoms with Crippen LogP contribution in [0.3, 0.4) is 0 Å². The van der Waals surface area contributed by atoms with E-state index in [-0.39, 0.29) is 19.3 Å². The van der Waals surface area contributed by atoms with Crippen LogP contribution in [-0.4, -0.2) is 23.5 Å². The van der Waals surface area contributed by atoms with Gasteiger partial charge in [0.15, 0.2) is 0 Å². The van der Waals surface area contributed by atoms with Crippen LogP contribution in [0.25, 0.3) is 0 Å². The molecule has 0 aliphatic carbocycles. The molecule has 0 aromatic rings. The minimum Gasteiger partial charge on any atom is -0.433 e. The number of alkyl halides is 3. The first-order valence-corrected chi connectivity index (χ1v) is 4.43. The lowest BCUT2D eigenvalue weighted by Gasteiger charge is -2.10. The van der Waals surface area contributed by atoms with Gasteiger partial charge in [0, 0.05) is 18.9 Å². The Bertz CT molecular complexity index is 213. The molecule has 0 fully saturated rings. The molecule has 0 saturated carbocycles. The maximum atomic E-state index is 11.7. The fourth-order valence-corrected chi connectivity index (χ4v) is 0.886. The van der Waals surface area contributed by atoms with Gasteiger partial charge in [0.05, 0.1) is 0 Å². The highest BCUT2D eigenvalue weighted by Gasteiger charge is 2.26. The zero-order valence-electron chi connectivity index (χ0n) is 8.09. The maximum Gasteiger partial charge on any atom is 0.389 e. The molecule has 3 nitrogen and oxygen atoms in total. The highest BCUT2D eigenvalue weighted by Crippen LogP contribution is 2.22. The molecule has 0 heterocycles. The average Bonchev–Trinajstić information content (AvgIpc) is 2.11. The van der Waals surface area contributed by atoms with Gasteiger partial charge < -0.3 is 9.84 Å². The standard InChI is InChI=1S/C9H13F3O3/c1-2-7(13)15-8(14)5-3-4-6-9(10,11)12/h2,8,14H,1,3-6H2. The van der Waals surface area contributed by atoms with E-state index in [9.17, 15) is 18.0 Å². The number of carbonyl (C=O) groups excluding carboxylic acids is 1. The molecule has 0 aliphatic heterocycles. The van der Waals surface area contributed by atoms with Gasteiger partial charge >= 0.3 is 12.1 Å². The van der Waals surface area contributed by atoms with Gasteiger partial charge in [-0.25, -0.2) is 4.79 Å². The normalized spacial score (nSPS) is 13.3. The number of unbranched alkanes of at least 4 members (excludes halogenated alkanes) is 1. The molecule has 6 heteroatoms. The predicted molar refractivity (Wildman–Crippen MR) is 46.8 cm³/mol. The number of aliphatic hydroxyl groups is 1.